The number of hydrogen-bond acceptors (Lipinski definition) is 4. The van der Waals surface area contributed by atoms with Crippen molar-refractivity contribution < 1.29 is 9.59 Å². The molecule has 2 amide bonds. The highest BCUT2D eigenvalue weighted by Gasteiger charge is 2.45. The first kappa shape index (κ1) is 13.4. The van der Waals surface area contributed by atoms with E-state index in [1.807, 2.05) is 0 Å². The summed E-state index contributed by atoms with van der Waals surface area (Å²) in [7, 11) is 0. The molecule has 1 aliphatic carbocycles. The van der Waals surface area contributed by atoms with E-state index in [1.54, 1.807) is 0 Å². The Labute approximate surface area is 118 Å². The van der Waals surface area contributed by atoms with Gasteiger partial charge >= 0.3 is 0 Å². The van der Waals surface area contributed by atoms with Crippen molar-refractivity contribution in [2.75, 3.05) is 13.1 Å². The average Bonchev–Trinajstić information content (AvgIpc) is 2.92. The van der Waals surface area contributed by atoms with Gasteiger partial charge in [-0.2, -0.15) is 5.26 Å². The first-order chi connectivity index (χ1) is 9.69. The van der Waals surface area contributed by atoms with Crippen molar-refractivity contribution in [3.63, 3.8) is 0 Å². The van der Waals surface area contributed by atoms with Gasteiger partial charge in [0.05, 0.1) is 12.1 Å². The maximum absolute atomic E-state index is 12.2. The zero-order chi connectivity index (χ0) is 14.1. The number of carbonyl (C=O) groups is 2. The highest BCUT2D eigenvalue weighted by atomic mass is 16.2. The summed E-state index contributed by atoms with van der Waals surface area (Å²) in [6, 6.07) is 1.39. The van der Waals surface area contributed by atoms with Gasteiger partial charge in [0.2, 0.25) is 11.8 Å². The van der Waals surface area contributed by atoms with Gasteiger partial charge in [-0.05, 0) is 44.1 Å². The van der Waals surface area contributed by atoms with Gasteiger partial charge in [-0.3, -0.25) is 9.59 Å². The van der Waals surface area contributed by atoms with Gasteiger partial charge < -0.3 is 16.0 Å². The lowest BCUT2D eigenvalue weighted by atomic mass is 9.73. The van der Waals surface area contributed by atoms with E-state index in [9.17, 15) is 14.9 Å². The normalized spacial score (nSPS) is 36.5. The lowest BCUT2D eigenvalue weighted by Crippen LogP contribution is -2.49. The van der Waals surface area contributed by atoms with Crippen LogP contribution in [0.1, 0.15) is 25.7 Å². The fourth-order valence-electron chi connectivity index (χ4n) is 3.56. The molecule has 3 aliphatic rings. The van der Waals surface area contributed by atoms with Gasteiger partial charge in [0.1, 0.15) is 6.04 Å². The van der Waals surface area contributed by atoms with Gasteiger partial charge in [0.15, 0.2) is 0 Å². The van der Waals surface area contributed by atoms with Crippen molar-refractivity contribution in [1.29, 1.82) is 5.26 Å². The third-order valence-corrected chi connectivity index (χ3v) is 4.94. The van der Waals surface area contributed by atoms with E-state index in [0.29, 0.717) is 24.8 Å². The molecule has 0 bridgehead atoms. The first-order valence-electron chi connectivity index (χ1n) is 7.40. The minimum Gasteiger partial charge on any atom is -0.356 e. The van der Waals surface area contributed by atoms with Crippen LogP contribution in [0.15, 0.2) is 0 Å². The van der Waals surface area contributed by atoms with Gasteiger partial charge in [0.25, 0.3) is 0 Å². The van der Waals surface area contributed by atoms with Gasteiger partial charge in [-0.15, -0.1) is 0 Å². The first-order valence-corrected chi connectivity index (χ1v) is 7.40. The summed E-state index contributed by atoms with van der Waals surface area (Å²) in [6.45, 7) is 1.58. The summed E-state index contributed by atoms with van der Waals surface area (Å²) >= 11 is 0. The molecule has 0 aromatic carbocycles. The molecular weight excluding hydrogens is 256 g/mol. The molecule has 0 aromatic heterocycles. The molecule has 6 nitrogen and oxygen atoms in total. The average molecular weight is 276 g/mol. The van der Waals surface area contributed by atoms with Gasteiger partial charge in [-0.25, -0.2) is 0 Å². The van der Waals surface area contributed by atoms with Crippen LogP contribution in [0.4, 0.5) is 0 Å². The van der Waals surface area contributed by atoms with Crippen LogP contribution in [0.3, 0.4) is 0 Å². The highest BCUT2D eigenvalue weighted by molar-refractivity contribution is 5.84. The lowest BCUT2D eigenvalue weighted by molar-refractivity contribution is -0.126. The number of carbonyl (C=O) groups excluding carboxylic acids is 2. The molecular formula is C14H20N4O2. The molecule has 3 fully saturated rings. The smallest absolute Gasteiger partial charge is 0.238 e. The Morgan fingerprint density at radius 3 is 2.85 bits per heavy atom. The zero-order valence-corrected chi connectivity index (χ0v) is 11.4. The molecule has 0 radical (unpaired) electrons. The Bertz CT molecular complexity index is 459. The van der Waals surface area contributed by atoms with Crippen LogP contribution >= 0.6 is 0 Å². The van der Waals surface area contributed by atoms with Gasteiger partial charge in [0, 0.05) is 12.5 Å². The Morgan fingerprint density at radius 1 is 1.45 bits per heavy atom. The van der Waals surface area contributed by atoms with Crippen LogP contribution in [0.25, 0.3) is 0 Å². The van der Waals surface area contributed by atoms with Crippen molar-refractivity contribution in [2.24, 2.45) is 17.8 Å². The van der Waals surface area contributed by atoms with E-state index in [2.05, 4.69) is 22.0 Å². The second-order valence-electron chi connectivity index (χ2n) is 6.09. The molecule has 5 atom stereocenters. The van der Waals surface area contributed by atoms with Crippen LogP contribution in [0.2, 0.25) is 0 Å². The number of nitriles is 1. The minimum absolute atomic E-state index is 0.00227. The molecule has 108 valence electrons. The molecule has 2 saturated heterocycles. The van der Waals surface area contributed by atoms with Crippen LogP contribution in [-0.4, -0.2) is 37.0 Å². The fourth-order valence-corrected chi connectivity index (χ4v) is 3.56. The monoisotopic (exact) mass is 276 g/mol. The topological polar surface area (TPSA) is 94.0 Å². The fraction of sp³-hybridized carbons (Fsp3) is 0.786. The maximum Gasteiger partial charge on any atom is 0.238 e. The third-order valence-electron chi connectivity index (χ3n) is 4.94. The number of rotatable bonds is 4. The van der Waals surface area contributed by atoms with E-state index in [-0.39, 0.29) is 23.8 Å². The molecule has 3 N–H and O–H groups in total. The van der Waals surface area contributed by atoms with E-state index >= 15 is 0 Å². The summed E-state index contributed by atoms with van der Waals surface area (Å²) in [5.41, 5.74) is 0. The predicted octanol–water partition coefficient (Wildman–Crippen LogP) is -0.481. The van der Waals surface area contributed by atoms with Crippen molar-refractivity contribution in [1.82, 2.24) is 16.0 Å². The SMILES string of the molecule is N#C[C@H](C[C@@H]1CCNC1=O)NC(=O)C1NCC2CCC21. The Kier molecular flexibility index (Phi) is 3.62. The second-order valence-corrected chi connectivity index (χ2v) is 6.09. The number of nitrogens with one attached hydrogen (secondary N) is 3. The molecule has 0 spiro atoms. The predicted molar refractivity (Wildman–Crippen MR) is 71.3 cm³/mol. The Hall–Kier alpha value is -1.61. The van der Waals surface area contributed by atoms with Gasteiger partial charge in [-0.1, -0.05) is 0 Å². The van der Waals surface area contributed by atoms with E-state index < -0.39 is 6.04 Å². The molecule has 20 heavy (non-hydrogen) atoms. The van der Waals surface area contributed by atoms with Crippen LogP contribution in [0, 0.1) is 29.1 Å². The van der Waals surface area contributed by atoms with Crippen molar-refractivity contribution >= 4 is 11.8 Å². The van der Waals surface area contributed by atoms with Crippen molar-refractivity contribution in [3.8, 4) is 6.07 Å². The summed E-state index contributed by atoms with van der Waals surface area (Å²) in [5.74, 6) is 0.837. The van der Waals surface area contributed by atoms with Crippen LogP contribution in [-0.2, 0) is 9.59 Å². The summed E-state index contributed by atoms with van der Waals surface area (Å²) in [5, 5.41) is 18.0. The number of amides is 2. The lowest BCUT2D eigenvalue weighted by Gasteiger charge is -2.32. The van der Waals surface area contributed by atoms with Crippen LogP contribution < -0.4 is 16.0 Å². The van der Waals surface area contributed by atoms with E-state index in [1.165, 1.54) is 6.42 Å². The van der Waals surface area contributed by atoms with Crippen molar-refractivity contribution in [3.05, 3.63) is 0 Å². The Morgan fingerprint density at radius 2 is 2.30 bits per heavy atom. The summed E-state index contributed by atoms with van der Waals surface area (Å²) < 4.78 is 0. The third kappa shape index (κ3) is 2.38. The highest BCUT2D eigenvalue weighted by Crippen LogP contribution is 2.40. The molecule has 3 rings (SSSR count). The molecule has 3 unspecified atom stereocenters. The van der Waals surface area contributed by atoms with E-state index in [0.717, 1.165) is 19.4 Å². The Balaban J connectivity index is 1.53. The maximum atomic E-state index is 12.2. The summed E-state index contributed by atoms with van der Waals surface area (Å²) in [4.78, 5) is 23.8. The quantitative estimate of drug-likeness (QED) is 0.646. The zero-order valence-electron chi connectivity index (χ0n) is 11.4. The standard InChI is InChI=1S/C14H20N4O2/c15-6-10(5-8-3-4-16-13(8)19)18-14(20)12-11-2-1-9(11)7-17-12/h8-12,17H,1-5,7H2,(H,16,19)(H,18,20)/t8-,9?,10-,11?,12?/m0/s1. The molecule has 1 saturated carbocycles. The van der Waals surface area contributed by atoms with Crippen LogP contribution in [0.5, 0.6) is 0 Å². The summed E-state index contributed by atoms with van der Waals surface area (Å²) in [6.07, 6.45) is 3.46. The van der Waals surface area contributed by atoms with Crippen molar-refractivity contribution in [2.45, 2.75) is 37.8 Å². The molecule has 0 aromatic rings. The number of hydrogen-bond donors (Lipinski definition) is 3. The molecule has 6 heteroatoms. The number of fused-ring (bicyclic) bond motifs is 1. The molecule has 2 aliphatic heterocycles. The van der Waals surface area contributed by atoms with E-state index in [4.69, 9.17) is 0 Å². The number of nitrogens with zero attached hydrogens (tertiary/aromatic N) is 1. The minimum atomic E-state index is -0.572. The second kappa shape index (κ2) is 5.41. The molecule has 2 heterocycles. The largest absolute Gasteiger partial charge is 0.356 e.